The Bertz CT molecular complexity index is 474. The van der Waals surface area contributed by atoms with Gasteiger partial charge < -0.3 is 9.80 Å². The Morgan fingerprint density at radius 1 is 1.00 bits per heavy atom. The monoisotopic (exact) mass is 318 g/mol. The van der Waals surface area contributed by atoms with Gasteiger partial charge in [0.1, 0.15) is 0 Å². The maximum Gasteiger partial charge on any atom is 0.224 e. The molecule has 0 bridgehead atoms. The molecule has 0 aliphatic rings. The molecule has 0 saturated heterocycles. The second-order valence-corrected chi connectivity index (χ2v) is 6.01. The minimum Gasteiger partial charge on any atom is -0.346 e. The lowest BCUT2D eigenvalue weighted by Crippen LogP contribution is -2.35. The second-order valence-electron chi connectivity index (χ2n) is 6.01. The molecule has 0 atom stereocenters. The van der Waals surface area contributed by atoms with Crippen LogP contribution in [0.5, 0.6) is 0 Å². The molecule has 1 aromatic carbocycles. The Hall–Kier alpha value is -1.84. The summed E-state index contributed by atoms with van der Waals surface area (Å²) < 4.78 is 0. The number of nitrogens with zero attached hydrogens (tertiary/aromatic N) is 2. The summed E-state index contributed by atoms with van der Waals surface area (Å²) in [6.07, 6.45) is 4.38. The van der Waals surface area contributed by atoms with Crippen molar-refractivity contribution in [1.29, 1.82) is 0 Å². The van der Waals surface area contributed by atoms with Crippen LogP contribution in [-0.4, -0.2) is 48.3 Å². The highest BCUT2D eigenvalue weighted by molar-refractivity contribution is 5.77. The Labute approximate surface area is 140 Å². The van der Waals surface area contributed by atoms with Gasteiger partial charge in [-0.15, -0.1) is 0 Å². The van der Waals surface area contributed by atoms with Crippen LogP contribution in [0, 0.1) is 0 Å². The smallest absolute Gasteiger partial charge is 0.224 e. The maximum absolute atomic E-state index is 12.1. The van der Waals surface area contributed by atoms with Crippen molar-refractivity contribution in [1.82, 2.24) is 9.80 Å². The Morgan fingerprint density at radius 3 is 2.30 bits per heavy atom. The van der Waals surface area contributed by atoms with Crippen LogP contribution >= 0.6 is 0 Å². The number of aryl methyl sites for hydroxylation is 1. The molecule has 0 radical (unpaired) electrons. The van der Waals surface area contributed by atoms with Crippen molar-refractivity contribution in [3.8, 4) is 0 Å². The van der Waals surface area contributed by atoms with E-state index in [1.54, 1.807) is 16.7 Å². The Balaban J connectivity index is 2.34. The molecule has 2 amide bonds. The van der Waals surface area contributed by atoms with Crippen LogP contribution in [0.1, 0.15) is 45.1 Å². The van der Waals surface area contributed by atoms with Gasteiger partial charge in [0.25, 0.3) is 0 Å². The van der Waals surface area contributed by atoms with Crippen molar-refractivity contribution < 1.29 is 9.59 Å². The maximum atomic E-state index is 12.1. The van der Waals surface area contributed by atoms with E-state index in [4.69, 9.17) is 0 Å². The fourth-order valence-corrected chi connectivity index (χ4v) is 2.49. The second kappa shape index (κ2) is 10.8. The average molecular weight is 318 g/mol. The summed E-state index contributed by atoms with van der Waals surface area (Å²) in [5, 5.41) is 0. The molecule has 1 aromatic rings. The van der Waals surface area contributed by atoms with Crippen molar-refractivity contribution in [3.63, 3.8) is 0 Å². The normalized spacial score (nSPS) is 10.4. The van der Waals surface area contributed by atoms with Gasteiger partial charge in [0, 0.05) is 40.0 Å². The molecule has 128 valence electrons. The van der Waals surface area contributed by atoms with Crippen molar-refractivity contribution >= 4 is 11.8 Å². The lowest BCUT2D eigenvalue weighted by atomic mass is 10.1. The summed E-state index contributed by atoms with van der Waals surface area (Å²) in [5.41, 5.74) is 1.28. The first kappa shape index (κ1) is 19.2. The predicted octanol–water partition coefficient (Wildman–Crippen LogP) is 3.12. The fraction of sp³-hybridized carbons (Fsp3) is 0.579. The highest BCUT2D eigenvalue weighted by Gasteiger charge is 2.13. The van der Waals surface area contributed by atoms with Gasteiger partial charge in [-0.25, -0.2) is 0 Å². The Kier molecular flexibility index (Phi) is 9.03. The van der Waals surface area contributed by atoms with Gasteiger partial charge in [-0.1, -0.05) is 43.7 Å². The van der Waals surface area contributed by atoms with E-state index in [1.807, 2.05) is 25.2 Å². The van der Waals surface area contributed by atoms with Crippen LogP contribution in [0.3, 0.4) is 0 Å². The van der Waals surface area contributed by atoms with Gasteiger partial charge in [-0.2, -0.15) is 0 Å². The van der Waals surface area contributed by atoms with Gasteiger partial charge in [0.2, 0.25) is 11.8 Å². The summed E-state index contributed by atoms with van der Waals surface area (Å²) in [6, 6.07) is 10.3. The third kappa shape index (κ3) is 7.82. The molecule has 0 N–H and O–H groups in total. The highest BCUT2D eigenvalue weighted by atomic mass is 16.2. The first-order valence-corrected chi connectivity index (χ1v) is 8.58. The summed E-state index contributed by atoms with van der Waals surface area (Å²) >= 11 is 0. The number of carbonyl (C=O) groups excluding carboxylic acids is 2. The molecule has 0 spiro atoms. The van der Waals surface area contributed by atoms with Crippen LogP contribution in [-0.2, 0) is 16.0 Å². The van der Waals surface area contributed by atoms with E-state index in [0.29, 0.717) is 19.5 Å². The van der Waals surface area contributed by atoms with E-state index < -0.39 is 0 Å². The van der Waals surface area contributed by atoms with Gasteiger partial charge in [-0.3, -0.25) is 9.59 Å². The van der Waals surface area contributed by atoms with Gasteiger partial charge in [0.15, 0.2) is 0 Å². The fourth-order valence-electron chi connectivity index (χ4n) is 2.49. The summed E-state index contributed by atoms with van der Waals surface area (Å²) in [7, 11) is 1.84. The van der Waals surface area contributed by atoms with Crippen molar-refractivity contribution in [2.45, 2.75) is 46.0 Å². The number of amides is 2. The van der Waals surface area contributed by atoms with Gasteiger partial charge in [-0.05, 0) is 24.8 Å². The van der Waals surface area contributed by atoms with Gasteiger partial charge in [0.05, 0.1) is 0 Å². The van der Waals surface area contributed by atoms with Crippen LogP contribution in [0.4, 0.5) is 0 Å². The first-order chi connectivity index (χ1) is 11.0. The quantitative estimate of drug-likeness (QED) is 0.665. The van der Waals surface area contributed by atoms with Crippen molar-refractivity contribution in [3.05, 3.63) is 35.9 Å². The number of carbonyl (C=O) groups is 2. The number of hydrogen-bond acceptors (Lipinski definition) is 2. The third-order valence-corrected chi connectivity index (χ3v) is 4.05. The van der Waals surface area contributed by atoms with E-state index in [9.17, 15) is 9.59 Å². The van der Waals surface area contributed by atoms with Crippen LogP contribution < -0.4 is 0 Å². The minimum absolute atomic E-state index is 0.0436. The largest absolute Gasteiger partial charge is 0.346 e. The van der Waals surface area contributed by atoms with Crippen LogP contribution in [0.2, 0.25) is 0 Å². The molecule has 0 aromatic heterocycles. The SMILES string of the molecule is CCCCN(C)C(=O)CCN(CCCc1ccccc1)C(C)=O. The third-order valence-electron chi connectivity index (χ3n) is 4.05. The molecule has 1 rings (SSSR count). The number of unbranched alkanes of at least 4 members (excludes halogenated alkanes) is 1. The van der Waals surface area contributed by atoms with E-state index in [0.717, 1.165) is 32.2 Å². The van der Waals surface area contributed by atoms with Crippen LogP contribution in [0.25, 0.3) is 0 Å². The average Bonchev–Trinajstić information content (AvgIpc) is 2.55. The first-order valence-electron chi connectivity index (χ1n) is 8.58. The molecule has 0 aliphatic carbocycles. The lowest BCUT2D eigenvalue weighted by Gasteiger charge is -2.23. The van der Waals surface area contributed by atoms with Gasteiger partial charge >= 0.3 is 0 Å². The molecule has 0 heterocycles. The molecule has 0 unspecified atom stereocenters. The molecule has 0 saturated carbocycles. The molecular formula is C19H30N2O2. The topological polar surface area (TPSA) is 40.6 Å². The highest BCUT2D eigenvalue weighted by Crippen LogP contribution is 2.05. The molecule has 4 heteroatoms. The number of rotatable bonds is 10. The number of hydrogen-bond donors (Lipinski definition) is 0. The molecule has 4 nitrogen and oxygen atoms in total. The zero-order valence-corrected chi connectivity index (χ0v) is 14.8. The summed E-state index contributed by atoms with van der Waals surface area (Å²) in [4.78, 5) is 27.4. The molecule has 0 fully saturated rings. The molecule has 23 heavy (non-hydrogen) atoms. The zero-order chi connectivity index (χ0) is 17.1. The molecular weight excluding hydrogens is 288 g/mol. The van der Waals surface area contributed by atoms with E-state index in [2.05, 4.69) is 19.1 Å². The van der Waals surface area contributed by atoms with Crippen molar-refractivity contribution in [2.24, 2.45) is 0 Å². The van der Waals surface area contributed by atoms with Crippen LogP contribution in [0.15, 0.2) is 30.3 Å². The summed E-state index contributed by atoms with van der Waals surface area (Å²) in [6.45, 7) is 5.70. The minimum atomic E-state index is 0.0436. The van der Waals surface area contributed by atoms with E-state index in [1.165, 1.54) is 5.56 Å². The number of benzene rings is 1. The van der Waals surface area contributed by atoms with E-state index >= 15 is 0 Å². The molecule has 0 aliphatic heterocycles. The zero-order valence-electron chi connectivity index (χ0n) is 14.8. The lowest BCUT2D eigenvalue weighted by molar-refractivity contribution is -0.132. The van der Waals surface area contributed by atoms with Crippen molar-refractivity contribution in [2.75, 3.05) is 26.7 Å². The van der Waals surface area contributed by atoms with E-state index in [-0.39, 0.29) is 11.8 Å². The standard InChI is InChI=1S/C19H30N2O2/c1-4-5-14-20(3)19(23)13-16-21(17(2)22)15-9-12-18-10-7-6-8-11-18/h6-8,10-11H,4-5,9,12-16H2,1-3H3. The Morgan fingerprint density at radius 2 is 1.70 bits per heavy atom. The summed E-state index contributed by atoms with van der Waals surface area (Å²) in [5.74, 6) is 0.162. The predicted molar refractivity (Wildman–Crippen MR) is 94.2 cm³/mol.